The molecule has 8 nitrogen and oxygen atoms in total. The molecule has 2 aromatic rings. The normalized spacial score (nSPS) is 10.0. The van der Waals surface area contributed by atoms with Gasteiger partial charge in [0.05, 0.1) is 11.1 Å². The number of aromatic nitrogens is 1. The third-order valence-corrected chi connectivity index (χ3v) is 3.22. The van der Waals surface area contributed by atoms with Gasteiger partial charge < -0.3 is 5.32 Å². The lowest BCUT2D eigenvalue weighted by atomic mass is 10.1. The van der Waals surface area contributed by atoms with Gasteiger partial charge in [0.1, 0.15) is 18.2 Å². The van der Waals surface area contributed by atoms with Crippen LogP contribution in [0.4, 0.5) is 11.4 Å². The Bertz CT molecular complexity index is 904. The fourth-order valence-corrected chi connectivity index (χ4v) is 2.32. The van der Waals surface area contributed by atoms with Crippen molar-refractivity contribution in [2.24, 2.45) is 0 Å². The van der Waals surface area contributed by atoms with Gasteiger partial charge in [-0.25, -0.2) is 0 Å². The van der Waals surface area contributed by atoms with Crippen LogP contribution in [-0.2, 0) is 11.3 Å². The molecule has 122 valence electrons. The molecule has 0 aliphatic heterocycles. The molecule has 0 atom stereocenters. The SMILES string of the molecule is Cc1cc(C)cc(NC(=O)Cn2cc([N+](=O)[O-])cc(C#N)c2=O)c1. The Kier molecular flexibility index (Phi) is 4.75. The van der Waals surface area contributed by atoms with E-state index in [1.165, 1.54) is 0 Å². The standard InChI is InChI=1S/C16H14N4O4/c1-10-3-11(2)5-13(4-10)18-15(21)9-19-8-14(20(23)24)6-12(7-17)16(19)22/h3-6,8H,9H2,1-2H3,(H,18,21). The largest absolute Gasteiger partial charge is 0.325 e. The summed E-state index contributed by atoms with van der Waals surface area (Å²) in [7, 11) is 0. The third-order valence-electron chi connectivity index (χ3n) is 3.22. The van der Waals surface area contributed by atoms with Gasteiger partial charge in [-0.3, -0.25) is 24.3 Å². The lowest BCUT2D eigenvalue weighted by Crippen LogP contribution is -2.29. The minimum atomic E-state index is -0.751. The number of benzene rings is 1. The highest BCUT2D eigenvalue weighted by Crippen LogP contribution is 2.14. The second-order valence-corrected chi connectivity index (χ2v) is 5.34. The van der Waals surface area contributed by atoms with E-state index in [1.54, 1.807) is 18.2 Å². The Balaban J connectivity index is 2.28. The van der Waals surface area contributed by atoms with Crippen molar-refractivity contribution in [3.63, 3.8) is 0 Å². The lowest BCUT2D eigenvalue weighted by molar-refractivity contribution is -0.385. The van der Waals surface area contributed by atoms with Gasteiger partial charge in [-0.05, 0) is 37.1 Å². The molecule has 1 amide bonds. The quantitative estimate of drug-likeness (QED) is 0.680. The van der Waals surface area contributed by atoms with Gasteiger partial charge in [0.25, 0.3) is 11.2 Å². The summed E-state index contributed by atoms with van der Waals surface area (Å²) >= 11 is 0. The summed E-state index contributed by atoms with van der Waals surface area (Å²) in [5, 5.41) is 22.4. The number of nitrogens with one attached hydrogen (secondary N) is 1. The molecule has 2 rings (SSSR count). The highest BCUT2D eigenvalue weighted by molar-refractivity contribution is 5.90. The van der Waals surface area contributed by atoms with Gasteiger partial charge in [0.2, 0.25) is 5.91 Å². The van der Waals surface area contributed by atoms with Crippen LogP contribution in [0.3, 0.4) is 0 Å². The molecule has 0 unspecified atom stereocenters. The summed E-state index contributed by atoms with van der Waals surface area (Å²) in [6, 6.07) is 7.96. The number of amides is 1. The summed E-state index contributed by atoms with van der Waals surface area (Å²) < 4.78 is 0.856. The molecule has 0 fully saturated rings. The van der Waals surface area contributed by atoms with E-state index in [-0.39, 0.29) is 5.56 Å². The van der Waals surface area contributed by atoms with Crippen LogP contribution in [0.1, 0.15) is 16.7 Å². The smallest absolute Gasteiger partial charge is 0.287 e. The van der Waals surface area contributed by atoms with Crippen molar-refractivity contribution in [3.05, 3.63) is 67.6 Å². The zero-order valence-electron chi connectivity index (χ0n) is 13.1. The van der Waals surface area contributed by atoms with E-state index in [0.29, 0.717) is 5.69 Å². The van der Waals surface area contributed by atoms with Crippen LogP contribution >= 0.6 is 0 Å². The number of pyridine rings is 1. The monoisotopic (exact) mass is 326 g/mol. The fraction of sp³-hybridized carbons (Fsp3) is 0.188. The van der Waals surface area contributed by atoms with Crippen LogP contribution in [0.5, 0.6) is 0 Å². The Morgan fingerprint density at radius 1 is 1.29 bits per heavy atom. The summed E-state index contributed by atoms with van der Waals surface area (Å²) in [5.74, 6) is -0.522. The summed E-state index contributed by atoms with van der Waals surface area (Å²) in [4.78, 5) is 34.3. The van der Waals surface area contributed by atoms with Crippen LogP contribution in [-0.4, -0.2) is 15.4 Å². The van der Waals surface area contributed by atoms with E-state index >= 15 is 0 Å². The molecule has 1 N–H and O–H groups in total. The number of hydrogen-bond acceptors (Lipinski definition) is 5. The van der Waals surface area contributed by atoms with E-state index in [4.69, 9.17) is 5.26 Å². The molecule has 0 saturated carbocycles. The highest BCUT2D eigenvalue weighted by Gasteiger charge is 2.15. The molecule has 0 spiro atoms. The number of nitrogens with zero attached hydrogens (tertiary/aromatic N) is 3. The van der Waals surface area contributed by atoms with Gasteiger partial charge >= 0.3 is 0 Å². The second-order valence-electron chi connectivity index (χ2n) is 5.34. The van der Waals surface area contributed by atoms with E-state index in [9.17, 15) is 19.7 Å². The first kappa shape index (κ1) is 16.9. The van der Waals surface area contributed by atoms with Crippen molar-refractivity contribution in [2.45, 2.75) is 20.4 Å². The first-order valence-corrected chi connectivity index (χ1v) is 6.97. The van der Waals surface area contributed by atoms with Crippen molar-refractivity contribution in [3.8, 4) is 6.07 Å². The highest BCUT2D eigenvalue weighted by atomic mass is 16.6. The maximum Gasteiger partial charge on any atom is 0.287 e. The number of aryl methyl sites for hydroxylation is 2. The minimum absolute atomic E-state index is 0.386. The number of anilines is 1. The van der Waals surface area contributed by atoms with Gasteiger partial charge in [0.15, 0.2) is 0 Å². The van der Waals surface area contributed by atoms with Crippen LogP contribution < -0.4 is 10.9 Å². The van der Waals surface area contributed by atoms with Gasteiger partial charge in [-0.2, -0.15) is 5.26 Å². The van der Waals surface area contributed by atoms with Gasteiger partial charge in [-0.1, -0.05) is 6.07 Å². The first-order valence-electron chi connectivity index (χ1n) is 6.97. The Labute approximate surface area is 137 Å². The number of rotatable bonds is 4. The maximum atomic E-state index is 12.1. The van der Waals surface area contributed by atoms with Gasteiger partial charge in [0, 0.05) is 11.8 Å². The maximum absolute atomic E-state index is 12.1. The average Bonchev–Trinajstić information content (AvgIpc) is 2.47. The van der Waals surface area contributed by atoms with Crippen molar-refractivity contribution in [2.75, 3.05) is 5.32 Å². The van der Waals surface area contributed by atoms with Crippen LogP contribution in [0.25, 0.3) is 0 Å². The number of carbonyl (C=O) groups is 1. The summed E-state index contributed by atoms with van der Waals surface area (Å²) in [6.07, 6.45) is 0.949. The molecule has 0 bridgehead atoms. The lowest BCUT2D eigenvalue weighted by Gasteiger charge is -2.09. The van der Waals surface area contributed by atoms with E-state index in [2.05, 4.69) is 5.32 Å². The Hall–Kier alpha value is -3.47. The molecule has 0 radical (unpaired) electrons. The second kappa shape index (κ2) is 6.75. The zero-order valence-corrected chi connectivity index (χ0v) is 13.1. The van der Waals surface area contributed by atoms with Crippen molar-refractivity contribution < 1.29 is 9.72 Å². The van der Waals surface area contributed by atoms with E-state index < -0.39 is 28.6 Å². The minimum Gasteiger partial charge on any atom is -0.325 e. The number of nitro groups is 1. The fourth-order valence-electron chi connectivity index (χ4n) is 2.32. The number of carbonyl (C=O) groups excluding carboxylic acids is 1. The molecule has 24 heavy (non-hydrogen) atoms. The third kappa shape index (κ3) is 3.84. The van der Waals surface area contributed by atoms with E-state index in [0.717, 1.165) is 28.0 Å². The summed E-state index contributed by atoms with van der Waals surface area (Å²) in [5.41, 5.74) is 0.929. The molecule has 0 aliphatic rings. The van der Waals surface area contributed by atoms with Crippen LogP contribution in [0.15, 0.2) is 35.3 Å². The average molecular weight is 326 g/mol. The molecule has 0 aliphatic carbocycles. The van der Waals surface area contributed by atoms with Crippen molar-refractivity contribution in [1.29, 1.82) is 5.26 Å². The Morgan fingerprint density at radius 2 is 1.92 bits per heavy atom. The topological polar surface area (TPSA) is 118 Å². The number of hydrogen-bond donors (Lipinski definition) is 1. The van der Waals surface area contributed by atoms with Crippen molar-refractivity contribution >= 4 is 17.3 Å². The molecule has 1 aromatic carbocycles. The summed E-state index contributed by atoms with van der Waals surface area (Å²) in [6.45, 7) is 3.34. The molecule has 0 saturated heterocycles. The molecule has 8 heteroatoms. The Morgan fingerprint density at radius 3 is 2.46 bits per heavy atom. The first-order chi connectivity index (χ1) is 11.3. The molecule has 1 heterocycles. The number of nitriles is 1. The van der Waals surface area contributed by atoms with Crippen LogP contribution in [0.2, 0.25) is 0 Å². The van der Waals surface area contributed by atoms with Crippen molar-refractivity contribution in [1.82, 2.24) is 4.57 Å². The van der Waals surface area contributed by atoms with E-state index in [1.807, 2.05) is 19.9 Å². The zero-order chi connectivity index (χ0) is 17.9. The molecule has 1 aromatic heterocycles. The molecular formula is C16H14N4O4. The van der Waals surface area contributed by atoms with Crippen LogP contribution in [0, 0.1) is 35.3 Å². The predicted molar refractivity (Wildman–Crippen MR) is 86.6 cm³/mol. The predicted octanol–water partition coefficient (Wildman–Crippen LogP) is 1.88. The molecular weight excluding hydrogens is 312 g/mol. The van der Waals surface area contributed by atoms with Gasteiger partial charge in [-0.15, -0.1) is 0 Å².